The summed E-state index contributed by atoms with van der Waals surface area (Å²) in [5, 5.41) is 15.1. The molecule has 2 aliphatic rings. The van der Waals surface area contributed by atoms with Gasteiger partial charge in [0.2, 0.25) is 0 Å². The van der Waals surface area contributed by atoms with Crippen LogP contribution in [0.4, 0.5) is 11.5 Å². The van der Waals surface area contributed by atoms with E-state index in [-0.39, 0.29) is 12.1 Å². The van der Waals surface area contributed by atoms with Gasteiger partial charge in [-0.25, -0.2) is 0 Å². The predicted molar refractivity (Wildman–Crippen MR) is 170 cm³/mol. The van der Waals surface area contributed by atoms with Crippen molar-refractivity contribution in [1.82, 2.24) is 20.2 Å². The van der Waals surface area contributed by atoms with Gasteiger partial charge in [0.25, 0.3) is 0 Å². The number of ether oxygens (including phenoxy) is 2. The van der Waals surface area contributed by atoms with Gasteiger partial charge in [0.15, 0.2) is 0 Å². The minimum atomic E-state index is -0.0642. The van der Waals surface area contributed by atoms with Crippen molar-refractivity contribution < 1.29 is 9.47 Å². The van der Waals surface area contributed by atoms with Crippen LogP contribution in [0.1, 0.15) is 24.6 Å². The van der Waals surface area contributed by atoms with E-state index in [0.29, 0.717) is 19.0 Å². The summed E-state index contributed by atoms with van der Waals surface area (Å²) in [6.45, 7) is 6.64. The molecule has 3 aromatic carbocycles. The van der Waals surface area contributed by atoms with Crippen molar-refractivity contribution >= 4 is 22.3 Å². The van der Waals surface area contributed by atoms with Crippen LogP contribution in [0.2, 0.25) is 0 Å². The first-order chi connectivity index (χ1) is 21.0. The summed E-state index contributed by atoms with van der Waals surface area (Å²) >= 11 is 0. The largest absolute Gasteiger partial charge is 0.459 e. The van der Waals surface area contributed by atoms with Crippen LogP contribution in [0.15, 0.2) is 66.7 Å². The van der Waals surface area contributed by atoms with Crippen molar-refractivity contribution in [2.24, 2.45) is 0 Å². The van der Waals surface area contributed by atoms with Crippen LogP contribution < -0.4 is 24.6 Å². The summed E-state index contributed by atoms with van der Waals surface area (Å²) < 4.78 is 12.6. The van der Waals surface area contributed by atoms with Gasteiger partial charge < -0.3 is 29.5 Å². The second kappa shape index (κ2) is 12.9. The molecule has 2 aliphatic heterocycles. The number of rotatable bonds is 9. The Morgan fingerprint density at radius 1 is 1.02 bits per heavy atom. The lowest BCUT2D eigenvalue weighted by molar-refractivity contribution is 0.163. The minimum Gasteiger partial charge on any atom is -0.459 e. The third kappa shape index (κ3) is 6.66. The summed E-state index contributed by atoms with van der Waals surface area (Å²) in [7, 11) is 4.07. The Morgan fingerprint density at radius 2 is 1.84 bits per heavy atom. The van der Waals surface area contributed by atoms with Crippen molar-refractivity contribution in [1.29, 1.82) is 5.26 Å². The predicted octanol–water partition coefficient (Wildman–Crippen LogP) is 5.01. The van der Waals surface area contributed by atoms with Crippen molar-refractivity contribution in [2.45, 2.75) is 38.5 Å². The number of anilines is 2. The zero-order chi connectivity index (χ0) is 29.8. The lowest BCUT2D eigenvalue weighted by Crippen LogP contribution is -2.51. The fourth-order valence-corrected chi connectivity index (χ4v) is 6.11. The summed E-state index contributed by atoms with van der Waals surface area (Å²) in [5.41, 5.74) is 3.27. The molecule has 0 aliphatic carbocycles. The van der Waals surface area contributed by atoms with E-state index < -0.39 is 0 Å². The second-order valence-corrected chi connectivity index (χ2v) is 11.7. The normalized spacial score (nSPS) is 17.4. The lowest BCUT2D eigenvalue weighted by atomic mass is 10.0. The average Bonchev–Trinajstić information content (AvgIpc) is 3.00. The molecule has 0 saturated carbocycles. The Labute approximate surface area is 253 Å². The van der Waals surface area contributed by atoms with Gasteiger partial charge in [0, 0.05) is 61.5 Å². The molecule has 0 bridgehead atoms. The van der Waals surface area contributed by atoms with E-state index in [1.54, 1.807) is 0 Å². The molecule has 1 saturated heterocycles. The van der Waals surface area contributed by atoms with Crippen molar-refractivity contribution in [2.75, 3.05) is 56.6 Å². The van der Waals surface area contributed by atoms with Crippen molar-refractivity contribution in [3.05, 3.63) is 78.0 Å². The van der Waals surface area contributed by atoms with E-state index in [0.717, 1.165) is 73.2 Å². The standard InChI is InChI=1S/C34H39N7O2/c1-24(21-39(2)3)42-34-37-31-23-40(17-14-30(31)33(38-34)41-18-16-36-26(22-41)13-15-35)32-20-28(43-27-10-5-4-6-11-27)19-25-9-7-8-12-29(25)32/h4-12,19-20,24,26,36H,13-14,16-18,21-23H2,1-3H3/t24-,26?/m1/s1. The van der Waals surface area contributed by atoms with Gasteiger partial charge in [-0.15, -0.1) is 0 Å². The number of nitriles is 1. The number of piperazine rings is 1. The molecule has 222 valence electrons. The molecule has 1 N–H and O–H groups in total. The molecule has 9 nitrogen and oxygen atoms in total. The van der Waals surface area contributed by atoms with E-state index in [9.17, 15) is 5.26 Å². The van der Waals surface area contributed by atoms with Crippen LogP contribution in [-0.4, -0.2) is 73.8 Å². The highest BCUT2D eigenvalue weighted by Gasteiger charge is 2.29. The van der Waals surface area contributed by atoms with E-state index in [1.807, 2.05) is 51.4 Å². The quantitative estimate of drug-likeness (QED) is 0.295. The molecule has 0 radical (unpaired) electrons. The van der Waals surface area contributed by atoms with Crippen LogP contribution >= 0.6 is 0 Å². The maximum Gasteiger partial charge on any atom is 0.318 e. The highest BCUT2D eigenvalue weighted by Crippen LogP contribution is 2.38. The van der Waals surface area contributed by atoms with E-state index >= 15 is 0 Å². The van der Waals surface area contributed by atoms with Gasteiger partial charge in [-0.1, -0.05) is 42.5 Å². The summed E-state index contributed by atoms with van der Waals surface area (Å²) in [5.74, 6) is 2.55. The zero-order valence-corrected chi connectivity index (χ0v) is 25.2. The smallest absolute Gasteiger partial charge is 0.318 e. The Kier molecular flexibility index (Phi) is 8.59. The maximum atomic E-state index is 9.32. The molecule has 1 aromatic heterocycles. The maximum absolute atomic E-state index is 9.32. The number of benzene rings is 3. The highest BCUT2D eigenvalue weighted by atomic mass is 16.5. The number of hydrogen-bond acceptors (Lipinski definition) is 9. The number of fused-ring (bicyclic) bond motifs is 2. The third-order valence-corrected chi connectivity index (χ3v) is 7.98. The number of aromatic nitrogens is 2. The SMILES string of the molecule is C[C@H](CN(C)C)Oc1nc2c(c(N3CCNC(CC#N)C3)n1)CCN(c1cc(Oc3ccccc3)cc3ccccc13)C2. The molecule has 2 atom stereocenters. The number of nitrogens with zero attached hydrogens (tertiary/aromatic N) is 6. The first-order valence-electron chi connectivity index (χ1n) is 15.0. The Bertz CT molecular complexity index is 1600. The van der Waals surface area contributed by atoms with Crippen LogP contribution in [0, 0.1) is 11.3 Å². The van der Waals surface area contributed by atoms with E-state index in [2.05, 4.69) is 62.5 Å². The number of nitrogens with one attached hydrogen (secondary N) is 1. The summed E-state index contributed by atoms with van der Waals surface area (Å²) in [4.78, 5) is 16.8. The number of hydrogen-bond donors (Lipinski definition) is 1. The van der Waals surface area contributed by atoms with Crippen LogP contribution in [0.5, 0.6) is 17.5 Å². The average molecular weight is 578 g/mol. The Hall–Kier alpha value is -4.39. The minimum absolute atomic E-state index is 0.0642. The van der Waals surface area contributed by atoms with Crippen LogP contribution in [-0.2, 0) is 13.0 Å². The van der Waals surface area contributed by atoms with Gasteiger partial charge >= 0.3 is 6.01 Å². The molecule has 4 aromatic rings. The topological polar surface area (TPSA) is 89.8 Å². The number of likely N-dealkylation sites (N-methyl/N-ethyl adjacent to an activating group) is 1. The molecule has 6 rings (SSSR count). The van der Waals surface area contributed by atoms with Gasteiger partial charge in [-0.2, -0.15) is 15.2 Å². The fraction of sp³-hybridized carbons (Fsp3) is 0.382. The Balaban J connectivity index is 1.36. The van der Waals surface area contributed by atoms with Crippen LogP contribution in [0.25, 0.3) is 10.8 Å². The molecule has 1 unspecified atom stereocenters. The molecule has 1 fully saturated rings. The molecule has 3 heterocycles. The third-order valence-electron chi connectivity index (χ3n) is 7.98. The summed E-state index contributed by atoms with van der Waals surface area (Å²) in [6.07, 6.45) is 1.21. The lowest BCUT2D eigenvalue weighted by Gasteiger charge is -2.37. The molecular formula is C34H39N7O2. The highest BCUT2D eigenvalue weighted by molar-refractivity contribution is 5.96. The van der Waals surface area contributed by atoms with E-state index in [4.69, 9.17) is 19.4 Å². The molecule has 0 amide bonds. The second-order valence-electron chi connectivity index (χ2n) is 11.7. The Morgan fingerprint density at radius 3 is 2.65 bits per heavy atom. The van der Waals surface area contributed by atoms with Gasteiger partial charge in [-0.05, 0) is 51.0 Å². The molecular weight excluding hydrogens is 538 g/mol. The van der Waals surface area contributed by atoms with Gasteiger partial charge in [0.05, 0.1) is 24.7 Å². The van der Waals surface area contributed by atoms with Gasteiger partial charge in [-0.3, -0.25) is 0 Å². The number of para-hydroxylation sites is 1. The first kappa shape index (κ1) is 28.7. The molecule has 0 spiro atoms. The van der Waals surface area contributed by atoms with Crippen LogP contribution in [0.3, 0.4) is 0 Å². The molecule has 9 heteroatoms. The monoisotopic (exact) mass is 577 g/mol. The molecule has 43 heavy (non-hydrogen) atoms. The summed E-state index contributed by atoms with van der Waals surface area (Å²) in [6, 6.07) is 25.4. The van der Waals surface area contributed by atoms with Gasteiger partial charge in [0.1, 0.15) is 23.4 Å². The van der Waals surface area contributed by atoms with Crippen molar-refractivity contribution in [3.8, 4) is 23.6 Å². The first-order valence-corrected chi connectivity index (χ1v) is 15.0. The fourth-order valence-electron chi connectivity index (χ4n) is 6.11. The zero-order valence-electron chi connectivity index (χ0n) is 25.2. The van der Waals surface area contributed by atoms with Crippen molar-refractivity contribution in [3.63, 3.8) is 0 Å². The van der Waals surface area contributed by atoms with E-state index in [1.165, 1.54) is 10.9 Å².